The molecule has 5 nitrogen and oxygen atoms in total. The van der Waals surface area contributed by atoms with E-state index >= 15 is 0 Å². The minimum atomic E-state index is -1.65. The lowest BCUT2D eigenvalue weighted by Crippen LogP contribution is -2.34. The molecule has 0 fully saturated rings. The van der Waals surface area contributed by atoms with Crippen molar-refractivity contribution in [1.29, 1.82) is 0 Å². The van der Waals surface area contributed by atoms with Gasteiger partial charge in [-0.15, -0.1) is 0 Å². The van der Waals surface area contributed by atoms with Crippen LogP contribution < -0.4 is 16.7 Å². The molecular formula is C7H9BN2O3. The summed E-state index contributed by atoms with van der Waals surface area (Å²) in [4.78, 5) is 10.4. The van der Waals surface area contributed by atoms with E-state index in [4.69, 9.17) is 15.9 Å². The summed E-state index contributed by atoms with van der Waals surface area (Å²) in [6.07, 6.45) is 0.617. The van der Waals surface area contributed by atoms with E-state index in [1.807, 2.05) is 0 Å². The minimum Gasteiger partial charge on any atom is -0.423 e. The monoisotopic (exact) mass is 180 g/mol. The first-order valence-electron chi connectivity index (χ1n) is 3.61. The normalized spacial score (nSPS) is 9.46. The van der Waals surface area contributed by atoms with Crippen molar-refractivity contribution in [2.45, 2.75) is 0 Å². The van der Waals surface area contributed by atoms with Gasteiger partial charge in [0, 0.05) is 16.7 Å². The van der Waals surface area contributed by atoms with E-state index in [-0.39, 0.29) is 5.46 Å². The minimum absolute atomic E-state index is 0.173. The summed E-state index contributed by atoms with van der Waals surface area (Å²) in [5, 5.41) is 17.8. The second-order valence-corrected chi connectivity index (χ2v) is 2.48. The van der Waals surface area contributed by atoms with Crippen LogP contribution in [0.4, 0.5) is 5.69 Å². The van der Waals surface area contributed by atoms with Crippen LogP contribution in [0.5, 0.6) is 0 Å². The Morgan fingerprint density at radius 3 is 2.62 bits per heavy atom. The zero-order valence-electron chi connectivity index (χ0n) is 6.77. The quantitative estimate of drug-likeness (QED) is 0.196. The molecule has 0 heterocycles. The number of nitrogens with two attached hydrogens (primary N) is 1. The zero-order valence-corrected chi connectivity index (χ0v) is 6.77. The topological polar surface area (TPSA) is 95.6 Å². The molecule has 13 heavy (non-hydrogen) atoms. The largest absolute Gasteiger partial charge is 0.490 e. The van der Waals surface area contributed by atoms with Crippen LogP contribution in [-0.4, -0.2) is 23.5 Å². The Labute approximate surface area is 75.3 Å². The van der Waals surface area contributed by atoms with Gasteiger partial charge in [0.2, 0.25) is 0 Å². The maximum atomic E-state index is 10.4. The van der Waals surface area contributed by atoms with Gasteiger partial charge in [-0.05, 0) is 18.2 Å². The third-order valence-electron chi connectivity index (χ3n) is 1.65. The summed E-state index contributed by atoms with van der Waals surface area (Å²) in [6.45, 7) is 0. The Morgan fingerprint density at radius 2 is 2.15 bits per heavy atom. The highest BCUT2D eigenvalue weighted by atomic mass is 16.4. The number of hydrazine groups is 1. The van der Waals surface area contributed by atoms with Crippen LogP contribution in [-0.2, 0) is 0 Å². The van der Waals surface area contributed by atoms with Gasteiger partial charge < -0.3 is 15.5 Å². The third-order valence-corrected chi connectivity index (χ3v) is 1.65. The van der Waals surface area contributed by atoms with Crippen LogP contribution in [0.25, 0.3) is 0 Å². The average molecular weight is 180 g/mol. The molecule has 0 unspecified atom stereocenters. The third kappa shape index (κ3) is 2.06. The molecule has 0 spiro atoms. The lowest BCUT2D eigenvalue weighted by Gasteiger charge is -2.07. The molecule has 68 valence electrons. The Morgan fingerprint density at radius 1 is 1.46 bits per heavy atom. The van der Waals surface area contributed by atoms with Gasteiger partial charge in [0.1, 0.15) is 6.29 Å². The van der Waals surface area contributed by atoms with Crippen molar-refractivity contribution in [1.82, 2.24) is 0 Å². The Balaban J connectivity index is 3.17. The molecule has 0 bridgehead atoms. The summed E-state index contributed by atoms with van der Waals surface area (Å²) < 4.78 is 0. The Kier molecular flexibility index (Phi) is 3.02. The van der Waals surface area contributed by atoms with Gasteiger partial charge in [-0.25, -0.2) is 0 Å². The predicted octanol–water partition coefficient (Wildman–Crippen LogP) is -1.54. The van der Waals surface area contributed by atoms with E-state index in [0.29, 0.717) is 17.5 Å². The molecule has 1 rings (SSSR count). The van der Waals surface area contributed by atoms with Crippen LogP contribution in [0, 0.1) is 0 Å². The van der Waals surface area contributed by atoms with E-state index in [0.717, 1.165) is 0 Å². The number of carbonyl (C=O) groups excluding carboxylic acids is 1. The number of hydrogen-bond acceptors (Lipinski definition) is 5. The predicted molar refractivity (Wildman–Crippen MR) is 49.5 cm³/mol. The maximum absolute atomic E-state index is 10.4. The molecule has 6 heteroatoms. The van der Waals surface area contributed by atoms with Gasteiger partial charge in [-0.1, -0.05) is 0 Å². The molecule has 0 aliphatic rings. The zero-order chi connectivity index (χ0) is 9.84. The number of nitrogen functional groups attached to an aromatic ring is 1. The number of benzene rings is 1. The van der Waals surface area contributed by atoms with Crippen LogP contribution in [0.1, 0.15) is 10.4 Å². The molecule has 0 saturated carbocycles. The van der Waals surface area contributed by atoms with Crippen LogP contribution in [0.2, 0.25) is 0 Å². The van der Waals surface area contributed by atoms with Crippen LogP contribution in [0.15, 0.2) is 18.2 Å². The summed E-state index contributed by atoms with van der Waals surface area (Å²) in [5.74, 6) is 5.12. The Bertz CT molecular complexity index is 317. The fourth-order valence-electron chi connectivity index (χ4n) is 1.000. The number of aldehydes is 1. The van der Waals surface area contributed by atoms with Gasteiger partial charge in [-0.2, -0.15) is 0 Å². The lowest BCUT2D eigenvalue weighted by atomic mass is 9.78. The van der Waals surface area contributed by atoms with Crippen LogP contribution in [0.3, 0.4) is 0 Å². The number of anilines is 1. The fourth-order valence-corrected chi connectivity index (χ4v) is 1.000. The van der Waals surface area contributed by atoms with Gasteiger partial charge in [-0.3, -0.25) is 10.6 Å². The van der Waals surface area contributed by atoms with Gasteiger partial charge in [0.25, 0.3) is 0 Å². The van der Waals surface area contributed by atoms with E-state index < -0.39 is 7.12 Å². The molecule has 1 aromatic rings. The second kappa shape index (κ2) is 4.04. The molecular weight excluding hydrogens is 171 g/mol. The molecule has 0 aromatic heterocycles. The van der Waals surface area contributed by atoms with E-state index in [2.05, 4.69) is 5.43 Å². The van der Waals surface area contributed by atoms with E-state index in [9.17, 15) is 4.79 Å². The molecule has 0 amide bonds. The average Bonchev–Trinajstić information content (AvgIpc) is 2.16. The molecule has 0 radical (unpaired) electrons. The van der Waals surface area contributed by atoms with Crippen molar-refractivity contribution in [3.8, 4) is 0 Å². The first-order chi connectivity index (χ1) is 6.19. The smallest absolute Gasteiger partial charge is 0.423 e. The van der Waals surface area contributed by atoms with Crippen molar-refractivity contribution < 1.29 is 14.8 Å². The number of carbonyl (C=O) groups is 1. The molecule has 1 aromatic carbocycles. The summed E-state index contributed by atoms with van der Waals surface area (Å²) in [6, 6.07) is 4.37. The summed E-state index contributed by atoms with van der Waals surface area (Å²) in [5.41, 5.74) is 3.20. The van der Waals surface area contributed by atoms with Gasteiger partial charge in [0.15, 0.2) is 0 Å². The molecule has 0 aliphatic heterocycles. The SMILES string of the molecule is NNc1ccc(C=O)cc1B(O)O. The number of hydrogen-bond donors (Lipinski definition) is 4. The standard InChI is InChI=1S/C7H9BN2O3/c9-10-7-2-1-5(4-11)3-6(7)8(12)13/h1-4,10,12-13H,9H2. The van der Waals surface area contributed by atoms with Crippen LogP contribution >= 0.6 is 0 Å². The molecule has 0 atom stereocenters. The molecule has 5 N–H and O–H groups in total. The molecule has 0 aliphatic carbocycles. The second-order valence-electron chi connectivity index (χ2n) is 2.48. The lowest BCUT2D eigenvalue weighted by molar-refractivity contribution is 0.112. The van der Waals surface area contributed by atoms with Crippen molar-refractivity contribution in [3.63, 3.8) is 0 Å². The summed E-state index contributed by atoms with van der Waals surface area (Å²) in [7, 11) is -1.65. The maximum Gasteiger partial charge on any atom is 0.490 e. The first-order valence-corrected chi connectivity index (χ1v) is 3.61. The van der Waals surface area contributed by atoms with E-state index in [1.54, 1.807) is 0 Å². The highest BCUT2D eigenvalue weighted by Crippen LogP contribution is 2.04. The highest BCUT2D eigenvalue weighted by molar-refractivity contribution is 6.60. The molecule has 0 saturated heterocycles. The Hall–Kier alpha value is -1.37. The highest BCUT2D eigenvalue weighted by Gasteiger charge is 2.15. The number of nitrogens with one attached hydrogen (secondary N) is 1. The van der Waals surface area contributed by atoms with Crippen molar-refractivity contribution in [2.75, 3.05) is 5.43 Å². The van der Waals surface area contributed by atoms with Crippen molar-refractivity contribution in [3.05, 3.63) is 23.8 Å². The van der Waals surface area contributed by atoms with Gasteiger partial charge >= 0.3 is 7.12 Å². The van der Waals surface area contributed by atoms with Gasteiger partial charge in [0.05, 0.1) is 0 Å². The fraction of sp³-hybridized carbons (Fsp3) is 0. The van der Waals surface area contributed by atoms with Crippen molar-refractivity contribution >= 4 is 24.6 Å². The number of rotatable bonds is 3. The first kappa shape index (κ1) is 9.72. The van der Waals surface area contributed by atoms with E-state index in [1.165, 1.54) is 18.2 Å². The van der Waals surface area contributed by atoms with Crippen molar-refractivity contribution in [2.24, 2.45) is 5.84 Å². The summed E-state index contributed by atoms with van der Waals surface area (Å²) >= 11 is 0.